The topological polar surface area (TPSA) is 58.1 Å². The molecule has 1 fully saturated rings. The van der Waals surface area contributed by atoms with Crippen LogP contribution in [0.5, 0.6) is 5.75 Å². The number of rotatable bonds is 8. The Morgan fingerprint density at radius 1 is 1.13 bits per heavy atom. The predicted molar refractivity (Wildman–Crippen MR) is 138 cm³/mol. The van der Waals surface area contributed by atoms with E-state index in [4.69, 9.17) is 21.1 Å². The first-order valence-corrected chi connectivity index (χ1v) is 10.7. The molecule has 0 bridgehead atoms. The highest BCUT2D eigenvalue weighted by atomic mass is 127. The zero-order valence-electron chi connectivity index (χ0n) is 18.1. The Bertz CT molecular complexity index is 813. The molecule has 0 spiro atoms. The van der Waals surface area contributed by atoms with Gasteiger partial charge in [0.15, 0.2) is 5.96 Å². The number of methoxy groups -OCH3 is 1. The number of hydrogen-bond acceptors (Lipinski definition) is 4. The van der Waals surface area contributed by atoms with Crippen molar-refractivity contribution in [3.05, 3.63) is 64.7 Å². The maximum absolute atomic E-state index is 6.52. The van der Waals surface area contributed by atoms with Crippen LogP contribution in [0.25, 0.3) is 0 Å². The highest BCUT2D eigenvalue weighted by Crippen LogP contribution is 2.27. The Balaban J connectivity index is 0.00000341. The molecule has 1 unspecified atom stereocenters. The summed E-state index contributed by atoms with van der Waals surface area (Å²) in [7, 11) is 3.47. The summed E-state index contributed by atoms with van der Waals surface area (Å²) in [5.74, 6) is 1.66. The summed E-state index contributed by atoms with van der Waals surface area (Å²) < 4.78 is 10.7. The van der Waals surface area contributed by atoms with Gasteiger partial charge in [-0.2, -0.15) is 0 Å². The third-order valence-electron chi connectivity index (χ3n) is 5.30. The molecule has 0 aromatic heterocycles. The molecule has 0 aliphatic carbocycles. The molecule has 1 aliphatic rings. The van der Waals surface area contributed by atoms with Gasteiger partial charge in [-0.05, 0) is 35.7 Å². The molecule has 1 atom stereocenters. The van der Waals surface area contributed by atoms with Crippen LogP contribution in [0.15, 0.2) is 53.5 Å². The number of guanidine groups is 1. The average Bonchev–Trinajstić information content (AvgIpc) is 2.80. The third-order valence-corrected chi connectivity index (χ3v) is 5.65. The second kappa shape index (κ2) is 13.8. The lowest BCUT2D eigenvalue weighted by Crippen LogP contribution is -2.46. The zero-order valence-corrected chi connectivity index (χ0v) is 21.2. The number of benzene rings is 2. The van der Waals surface area contributed by atoms with Crippen molar-refractivity contribution in [1.82, 2.24) is 15.5 Å². The van der Waals surface area contributed by atoms with Crippen molar-refractivity contribution < 1.29 is 9.47 Å². The number of ether oxygens (including phenoxy) is 2. The summed E-state index contributed by atoms with van der Waals surface area (Å²) in [6.07, 6.45) is 0.905. The van der Waals surface area contributed by atoms with Crippen molar-refractivity contribution in [2.45, 2.75) is 12.5 Å². The normalized spacial score (nSPS) is 15.6. The lowest BCUT2D eigenvalue weighted by molar-refractivity contribution is 0.0170. The lowest BCUT2D eigenvalue weighted by atomic mass is 10.0. The highest BCUT2D eigenvalue weighted by molar-refractivity contribution is 14.0. The van der Waals surface area contributed by atoms with Gasteiger partial charge in [-0.1, -0.05) is 41.9 Å². The summed E-state index contributed by atoms with van der Waals surface area (Å²) in [4.78, 5) is 6.80. The van der Waals surface area contributed by atoms with Crippen LogP contribution in [0.2, 0.25) is 5.02 Å². The number of nitrogens with one attached hydrogen (secondary N) is 2. The first-order chi connectivity index (χ1) is 14.7. The van der Waals surface area contributed by atoms with Gasteiger partial charge in [0.2, 0.25) is 0 Å². The van der Waals surface area contributed by atoms with Crippen LogP contribution in [0.3, 0.4) is 0 Å². The van der Waals surface area contributed by atoms with Gasteiger partial charge in [-0.3, -0.25) is 9.89 Å². The van der Waals surface area contributed by atoms with Crippen LogP contribution in [0.4, 0.5) is 0 Å². The smallest absolute Gasteiger partial charge is 0.191 e. The molecule has 8 heteroatoms. The molecule has 1 saturated heterocycles. The van der Waals surface area contributed by atoms with E-state index in [9.17, 15) is 0 Å². The van der Waals surface area contributed by atoms with E-state index in [0.29, 0.717) is 6.54 Å². The molecule has 2 aromatic carbocycles. The SMILES string of the molecule is CN=C(NCCc1ccc(OC)cc1)NCC(c1ccccc1Cl)N1CCOCC1.I. The van der Waals surface area contributed by atoms with E-state index in [2.05, 4.69) is 38.7 Å². The summed E-state index contributed by atoms with van der Waals surface area (Å²) in [6, 6.07) is 16.4. The maximum atomic E-state index is 6.52. The number of hydrogen-bond donors (Lipinski definition) is 2. The molecule has 0 radical (unpaired) electrons. The van der Waals surface area contributed by atoms with Crippen LogP contribution >= 0.6 is 35.6 Å². The summed E-state index contributed by atoms with van der Waals surface area (Å²) in [6.45, 7) is 4.78. The van der Waals surface area contributed by atoms with Gasteiger partial charge in [0.05, 0.1) is 26.4 Å². The highest BCUT2D eigenvalue weighted by Gasteiger charge is 2.24. The Morgan fingerprint density at radius 2 is 1.84 bits per heavy atom. The van der Waals surface area contributed by atoms with Crippen molar-refractivity contribution in [3.63, 3.8) is 0 Å². The van der Waals surface area contributed by atoms with E-state index in [1.165, 1.54) is 5.56 Å². The molecule has 1 aliphatic heterocycles. The molecule has 2 aromatic rings. The summed E-state index contributed by atoms with van der Waals surface area (Å²) in [5, 5.41) is 7.67. The minimum atomic E-state index is 0. The van der Waals surface area contributed by atoms with Crippen LogP contribution in [-0.4, -0.2) is 64.4 Å². The number of aliphatic imine (C=N–C) groups is 1. The van der Waals surface area contributed by atoms with Crippen LogP contribution in [0.1, 0.15) is 17.2 Å². The van der Waals surface area contributed by atoms with Gasteiger partial charge < -0.3 is 20.1 Å². The summed E-state index contributed by atoms with van der Waals surface area (Å²) >= 11 is 6.52. The molecule has 0 amide bonds. The molecule has 2 N–H and O–H groups in total. The minimum Gasteiger partial charge on any atom is -0.497 e. The van der Waals surface area contributed by atoms with Crippen LogP contribution in [0, 0.1) is 0 Å². The second-order valence-electron chi connectivity index (χ2n) is 7.16. The molecular weight excluding hydrogens is 527 g/mol. The number of halogens is 2. The van der Waals surface area contributed by atoms with E-state index in [1.54, 1.807) is 14.2 Å². The van der Waals surface area contributed by atoms with Crippen molar-refractivity contribution in [3.8, 4) is 5.75 Å². The van der Waals surface area contributed by atoms with Gasteiger partial charge in [0.25, 0.3) is 0 Å². The Morgan fingerprint density at radius 3 is 2.48 bits per heavy atom. The van der Waals surface area contributed by atoms with Gasteiger partial charge in [-0.25, -0.2) is 0 Å². The average molecular weight is 559 g/mol. The molecule has 3 rings (SSSR count). The van der Waals surface area contributed by atoms with Crippen molar-refractivity contribution in [1.29, 1.82) is 0 Å². The molecule has 170 valence electrons. The molecule has 1 heterocycles. The van der Waals surface area contributed by atoms with Crippen LogP contribution < -0.4 is 15.4 Å². The van der Waals surface area contributed by atoms with Gasteiger partial charge in [0.1, 0.15) is 5.75 Å². The predicted octanol–water partition coefficient (Wildman–Crippen LogP) is 3.75. The number of nitrogens with zero attached hydrogens (tertiary/aromatic N) is 2. The first kappa shape index (κ1) is 25.7. The molecule has 6 nitrogen and oxygen atoms in total. The van der Waals surface area contributed by atoms with E-state index in [1.807, 2.05) is 30.3 Å². The fourth-order valence-electron chi connectivity index (χ4n) is 3.60. The van der Waals surface area contributed by atoms with Crippen molar-refractivity contribution in [2.75, 3.05) is 53.6 Å². The van der Waals surface area contributed by atoms with Crippen molar-refractivity contribution in [2.24, 2.45) is 4.99 Å². The van der Waals surface area contributed by atoms with E-state index < -0.39 is 0 Å². The van der Waals surface area contributed by atoms with Gasteiger partial charge in [-0.15, -0.1) is 24.0 Å². The first-order valence-electron chi connectivity index (χ1n) is 10.3. The van der Waals surface area contributed by atoms with E-state index >= 15 is 0 Å². The Labute approximate surface area is 207 Å². The molecule has 0 saturated carbocycles. The second-order valence-corrected chi connectivity index (χ2v) is 7.57. The van der Waals surface area contributed by atoms with E-state index in [-0.39, 0.29) is 30.0 Å². The molecular formula is C23H32ClIN4O2. The van der Waals surface area contributed by atoms with Crippen LogP contribution in [-0.2, 0) is 11.2 Å². The van der Waals surface area contributed by atoms with Crippen molar-refractivity contribution >= 4 is 41.5 Å². The Hall–Kier alpha value is -1.55. The quantitative estimate of drug-likeness (QED) is 0.294. The largest absolute Gasteiger partial charge is 0.497 e. The minimum absolute atomic E-state index is 0. The van der Waals surface area contributed by atoms with Gasteiger partial charge >= 0.3 is 0 Å². The zero-order chi connectivity index (χ0) is 21.2. The fourth-order valence-corrected chi connectivity index (χ4v) is 3.86. The lowest BCUT2D eigenvalue weighted by Gasteiger charge is -2.35. The summed E-state index contributed by atoms with van der Waals surface area (Å²) in [5.41, 5.74) is 2.38. The fraction of sp³-hybridized carbons (Fsp3) is 0.435. The maximum Gasteiger partial charge on any atom is 0.191 e. The van der Waals surface area contributed by atoms with Gasteiger partial charge in [0, 0.05) is 38.2 Å². The monoisotopic (exact) mass is 558 g/mol. The Kier molecular flexibility index (Phi) is 11.4. The standard InChI is InChI=1S/C23H31ClN4O2.HI/c1-25-23(26-12-11-18-7-9-19(29-2)10-8-18)27-17-22(28-13-15-30-16-14-28)20-5-3-4-6-21(20)24;/h3-10,22H,11-17H2,1-2H3,(H2,25,26,27);1H. The molecule has 31 heavy (non-hydrogen) atoms. The number of morpholine rings is 1. The third kappa shape index (κ3) is 7.82. The van der Waals surface area contributed by atoms with E-state index in [0.717, 1.165) is 61.6 Å².